The maximum absolute atomic E-state index is 13.7. The van der Waals surface area contributed by atoms with E-state index < -0.39 is 35.1 Å². The fraction of sp³-hybridized carbons (Fsp3) is 0.0800. The molecule has 164 valence electrons. The molecular weight excluding hydrogens is 446 g/mol. The van der Waals surface area contributed by atoms with Gasteiger partial charge in [0, 0.05) is 5.56 Å². The molecule has 1 saturated heterocycles. The molecule has 5 rings (SSSR count). The Morgan fingerprint density at radius 2 is 1.64 bits per heavy atom. The number of aromatic nitrogens is 1. The van der Waals surface area contributed by atoms with Crippen molar-refractivity contribution in [3.63, 3.8) is 0 Å². The smallest absolute Gasteiger partial charge is 0.301 e. The summed E-state index contributed by atoms with van der Waals surface area (Å²) in [5, 5.41) is 11.2. The standard InChI is InChI=1S/C25H16F2N2O3S/c1-13-2-4-14(5-3-13)21-20(22(30)15-6-8-16(26)9-7-15)23(31)24(32)29(21)25-28-18-11-10-17(27)12-19(18)33-25/h2-12,21,30H,1H3/t21-/m0/s1. The average Bonchev–Trinajstić information content (AvgIpc) is 3.32. The summed E-state index contributed by atoms with van der Waals surface area (Å²) in [5.74, 6) is -3.08. The van der Waals surface area contributed by atoms with Gasteiger partial charge >= 0.3 is 5.91 Å². The number of amides is 1. The van der Waals surface area contributed by atoms with E-state index in [9.17, 15) is 23.5 Å². The minimum Gasteiger partial charge on any atom is -0.507 e. The van der Waals surface area contributed by atoms with Gasteiger partial charge in [-0.15, -0.1) is 0 Å². The number of carbonyl (C=O) groups is 2. The SMILES string of the molecule is Cc1ccc([C@H]2C(=C(O)c3ccc(F)cc3)C(=O)C(=O)N2c2nc3ccc(F)cc3s2)cc1. The molecule has 33 heavy (non-hydrogen) atoms. The third kappa shape index (κ3) is 3.58. The van der Waals surface area contributed by atoms with Crippen molar-refractivity contribution < 1.29 is 23.5 Å². The van der Waals surface area contributed by atoms with Crippen LogP contribution in [0, 0.1) is 18.6 Å². The minimum absolute atomic E-state index is 0.124. The number of ketones is 1. The summed E-state index contributed by atoms with van der Waals surface area (Å²) in [7, 11) is 0. The Hall–Kier alpha value is -3.91. The molecule has 1 N–H and O–H groups in total. The zero-order valence-corrected chi connectivity index (χ0v) is 18.1. The number of nitrogens with zero attached hydrogens (tertiary/aromatic N) is 2. The first kappa shape index (κ1) is 21.0. The molecule has 4 aromatic rings. The number of rotatable bonds is 3. The van der Waals surface area contributed by atoms with Gasteiger partial charge in [0.2, 0.25) is 0 Å². The molecule has 1 aliphatic rings. The van der Waals surface area contributed by atoms with Crippen molar-refractivity contribution in [1.82, 2.24) is 4.98 Å². The number of anilines is 1. The topological polar surface area (TPSA) is 70.5 Å². The number of benzene rings is 3. The Kier molecular flexibility index (Phi) is 5.02. The third-order valence-electron chi connectivity index (χ3n) is 5.50. The summed E-state index contributed by atoms with van der Waals surface area (Å²) in [5.41, 5.74) is 2.14. The first-order valence-electron chi connectivity index (χ1n) is 10.0. The van der Waals surface area contributed by atoms with Crippen LogP contribution in [-0.2, 0) is 9.59 Å². The molecule has 1 atom stereocenters. The molecule has 3 aromatic carbocycles. The highest BCUT2D eigenvalue weighted by Crippen LogP contribution is 2.44. The first-order valence-corrected chi connectivity index (χ1v) is 10.8. The number of aliphatic hydroxyl groups excluding tert-OH is 1. The zero-order chi connectivity index (χ0) is 23.3. The number of halogens is 2. The van der Waals surface area contributed by atoms with E-state index in [1.165, 1.54) is 35.2 Å². The van der Waals surface area contributed by atoms with E-state index in [0.29, 0.717) is 15.8 Å². The lowest BCUT2D eigenvalue weighted by atomic mass is 9.95. The second kappa shape index (κ2) is 7.90. The van der Waals surface area contributed by atoms with E-state index >= 15 is 0 Å². The van der Waals surface area contributed by atoms with Gasteiger partial charge in [0.05, 0.1) is 21.8 Å². The van der Waals surface area contributed by atoms with Gasteiger partial charge in [-0.25, -0.2) is 13.8 Å². The van der Waals surface area contributed by atoms with Crippen molar-refractivity contribution in [3.05, 3.63) is 101 Å². The van der Waals surface area contributed by atoms with Gasteiger partial charge in [-0.2, -0.15) is 0 Å². The molecule has 0 bridgehead atoms. The van der Waals surface area contributed by atoms with Crippen LogP contribution in [0.3, 0.4) is 0 Å². The molecule has 5 nitrogen and oxygen atoms in total. The van der Waals surface area contributed by atoms with Gasteiger partial charge in [0.1, 0.15) is 17.4 Å². The van der Waals surface area contributed by atoms with Crippen LogP contribution in [0.2, 0.25) is 0 Å². The molecule has 0 saturated carbocycles. The summed E-state index contributed by atoms with van der Waals surface area (Å²) < 4.78 is 27.6. The molecule has 0 aliphatic carbocycles. The van der Waals surface area contributed by atoms with Crippen molar-refractivity contribution in [2.45, 2.75) is 13.0 Å². The monoisotopic (exact) mass is 462 g/mol. The van der Waals surface area contributed by atoms with Crippen LogP contribution in [0.5, 0.6) is 0 Å². The Balaban J connectivity index is 1.73. The fourth-order valence-electron chi connectivity index (χ4n) is 3.85. The minimum atomic E-state index is -0.957. The average molecular weight is 462 g/mol. The van der Waals surface area contributed by atoms with Crippen molar-refractivity contribution in [2.24, 2.45) is 0 Å². The van der Waals surface area contributed by atoms with Gasteiger partial charge in [0.15, 0.2) is 5.13 Å². The molecule has 1 aliphatic heterocycles. The Morgan fingerprint density at radius 1 is 0.970 bits per heavy atom. The number of hydrogen-bond donors (Lipinski definition) is 1. The Morgan fingerprint density at radius 3 is 2.33 bits per heavy atom. The summed E-state index contributed by atoms with van der Waals surface area (Å²) in [6, 6.07) is 15.3. The predicted octanol–water partition coefficient (Wildman–Crippen LogP) is 5.51. The highest BCUT2D eigenvalue weighted by molar-refractivity contribution is 7.22. The highest BCUT2D eigenvalue weighted by Gasteiger charge is 2.48. The van der Waals surface area contributed by atoms with Crippen molar-refractivity contribution in [1.29, 1.82) is 0 Å². The van der Waals surface area contributed by atoms with Crippen LogP contribution >= 0.6 is 11.3 Å². The first-order chi connectivity index (χ1) is 15.8. The van der Waals surface area contributed by atoms with Crippen LogP contribution in [-0.4, -0.2) is 21.8 Å². The van der Waals surface area contributed by atoms with E-state index in [1.807, 2.05) is 19.1 Å². The zero-order valence-electron chi connectivity index (χ0n) is 17.3. The lowest BCUT2D eigenvalue weighted by Crippen LogP contribution is -2.29. The number of aryl methyl sites for hydroxylation is 1. The molecular formula is C25H16F2N2O3S. The third-order valence-corrected chi connectivity index (χ3v) is 6.52. The fourth-order valence-corrected chi connectivity index (χ4v) is 4.86. The normalized spacial score (nSPS) is 17.8. The van der Waals surface area contributed by atoms with E-state index in [0.717, 1.165) is 29.0 Å². The number of carbonyl (C=O) groups excluding carboxylic acids is 2. The molecule has 2 heterocycles. The van der Waals surface area contributed by atoms with Crippen molar-refractivity contribution in [2.75, 3.05) is 4.90 Å². The quantitative estimate of drug-likeness (QED) is 0.248. The Bertz CT molecular complexity index is 1440. The second-order valence-corrected chi connectivity index (χ2v) is 8.70. The summed E-state index contributed by atoms with van der Waals surface area (Å²) >= 11 is 1.08. The van der Waals surface area contributed by atoms with Crippen LogP contribution in [0.4, 0.5) is 13.9 Å². The van der Waals surface area contributed by atoms with E-state index in [2.05, 4.69) is 4.98 Å². The lowest BCUT2D eigenvalue weighted by Gasteiger charge is -2.23. The van der Waals surface area contributed by atoms with E-state index in [-0.39, 0.29) is 16.3 Å². The summed E-state index contributed by atoms with van der Waals surface area (Å²) in [4.78, 5) is 32.0. The Labute approximate surface area is 191 Å². The number of fused-ring (bicyclic) bond motifs is 1. The van der Waals surface area contributed by atoms with Crippen LogP contribution < -0.4 is 4.90 Å². The molecule has 0 unspecified atom stereocenters. The van der Waals surface area contributed by atoms with Crippen LogP contribution in [0.15, 0.2) is 72.3 Å². The van der Waals surface area contributed by atoms with Gasteiger partial charge in [0.25, 0.3) is 5.78 Å². The van der Waals surface area contributed by atoms with Gasteiger partial charge in [-0.3, -0.25) is 14.5 Å². The lowest BCUT2D eigenvalue weighted by molar-refractivity contribution is -0.132. The van der Waals surface area contributed by atoms with Gasteiger partial charge in [-0.05, 0) is 55.0 Å². The number of thiazole rings is 1. The maximum atomic E-state index is 13.7. The van der Waals surface area contributed by atoms with E-state index in [4.69, 9.17) is 0 Å². The molecule has 8 heteroatoms. The van der Waals surface area contributed by atoms with Gasteiger partial charge in [-0.1, -0.05) is 41.2 Å². The van der Waals surface area contributed by atoms with Gasteiger partial charge < -0.3 is 5.11 Å². The second-order valence-electron chi connectivity index (χ2n) is 7.70. The number of hydrogen-bond acceptors (Lipinski definition) is 5. The van der Waals surface area contributed by atoms with Crippen molar-refractivity contribution in [3.8, 4) is 0 Å². The summed E-state index contributed by atoms with van der Waals surface area (Å²) in [6.45, 7) is 1.90. The highest BCUT2D eigenvalue weighted by atomic mass is 32.1. The molecule has 1 fully saturated rings. The molecule has 0 spiro atoms. The summed E-state index contributed by atoms with van der Waals surface area (Å²) in [6.07, 6.45) is 0. The largest absolute Gasteiger partial charge is 0.507 e. The molecule has 1 aromatic heterocycles. The van der Waals surface area contributed by atoms with Crippen molar-refractivity contribution >= 4 is 44.1 Å². The van der Waals surface area contributed by atoms with E-state index in [1.54, 1.807) is 12.1 Å². The van der Waals surface area contributed by atoms with Crippen LogP contribution in [0.1, 0.15) is 22.7 Å². The molecule has 0 radical (unpaired) electrons. The number of Topliss-reactive ketones (excluding diaryl/α,β-unsaturated/α-hetero) is 1. The maximum Gasteiger partial charge on any atom is 0.301 e. The predicted molar refractivity (Wildman–Crippen MR) is 122 cm³/mol. The number of aliphatic hydroxyl groups is 1. The molecule has 1 amide bonds. The van der Waals surface area contributed by atoms with Crippen LogP contribution in [0.25, 0.3) is 16.0 Å².